The highest BCUT2D eigenvalue weighted by Crippen LogP contribution is 2.21. The number of benzene rings is 1. The molecule has 0 fully saturated rings. The van der Waals surface area contributed by atoms with E-state index in [1.807, 2.05) is 31.2 Å². The van der Waals surface area contributed by atoms with E-state index in [4.69, 9.17) is 9.15 Å². The smallest absolute Gasteiger partial charge is 0.326 e. The third-order valence-electron chi connectivity index (χ3n) is 3.76. The van der Waals surface area contributed by atoms with Gasteiger partial charge in [-0.25, -0.2) is 4.98 Å². The van der Waals surface area contributed by atoms with Crippen molar-refractivity contribution in [2.75, 3.05) is 6.61 Å². The molecule has 2 heterocycles. The average molecular weight is 341 g/mol. The lowest BCUT2D eigenvalue weighted by Gasteiger charge is -2.15. The van der Waals surface area contributed by atoms with Crippen LogP contribution in [-0.2, 0) is 16.1 Å². The highest BCUT2D eigenvalue weighted by atomic mass is 16.5. The molecule has 0 aliphatic heterocycles. The third kappa shape index (κ3) is 3.55. The summed E-state index contributed by atoms with van der Waals surface area (Å²) in [6, 6.07) is 10.3. The van der Waals surface area contributed by atoms with Crippen LogP contribution < -0.4 is 5.32 Å². The molecule has 0 bridgehead atoms. The number of carbonyl (C=O) groups is 2. The zero-order valence-corrected chi connectivity index (χ0v) is 14.1. The average Bonchev–Trinajstić information content (AvgIpc) is 3.23. The maximum absolute atomic E-state index is 12.2. The van der Waals surface area contributed by atoms with Gasteiger partial charge in [0.1, 0.15) is 12.4 Å². The number of nitrogens with zero attached hydrogens (tertiary/aromatic N) is 2. The number of rotatable bonds is 6. The van der Waals surface area contributed by atoms with Crippen molar-refractivity contribution in [1.29, 1.82) is 0 Å². The first-order valence-corrected chi connectivity index (χ1v) is 8.05. The van der Waals surface area contributed by atoms with E-state index < -0.39 is 6.04 Å². The molecule has 3 aromatic rings. The van der Waals surface area contributed by atoms with Crippen molar-refractivity contribution < 1.29 is 18.7 Å². The number of amides is 1. The lowest BCUT2D eigenvalue weighted by Crippen LogP contribution is -2.29. The number of carbonyl (C=O) groups excluding carboxylic acids is 2. The molecule has 130 valence electrons. The fourth-order valence-corrected chi connectivity index (χ4v) is 2.67. The fraction of sp³-hybridized carbons (Fsp3) is 0.278. The van der Waals surface area contributed by atoms with Crippen LogP contribution in [0.3, 0.4) is 0 Å². The van der Waals surface area contributed by atoms with Gasteiger partial charge in [0.25, 0.3) is 5.91 Å². The Morgan fingerprint density at radius 1 is 1.28 bits per heavy atom. The highest BCUT2D eigenvalue weighted by Gasteiger charge is 2.21. The molecule has 0 aliphatic rings. The van der Waals surface area contributed by atoms with Crippen LogP contribution in [0.2, 0.25) is 0 Å². The molecule has 0 aliphatic carbocycles. The summed E-state index contributed by atoms with van der Waals surface area (Å²) >= 11 is 0. The van der Waals surface area contributed by atoms with E-state index in [9.17, 15) is 9.59 Å². The van der Waals surface area contributed by atoms with Crippen molar-refractivity contribution in [2.24, 2.45) is 0 Å². The van der Waals surface area contributed by atoms with Crippen LogP contribution in [0.1, 0.15) is 36.3 Å². The highest BCUT2D eigenvalue weighted by molar-refractivity contribution is 5.91. The maximum Gasteiger partial charge on any atom is 0.326 e. The predicted octanol–water partition coefficient (Wildman–Crippen LogP) is 2.68. The Bertz CT molecular complexity index is 883. The maximum atomic E-state index is 12.2. The quantitative estimate of drug-likeness (QED) is 0.697. The Morgan fingerprint density at radius 2 is 2.08 bits per heavy atom. The summed E-state index contributed by atoms with van der Waals surface area (Å²) in [5.41, 5.74) is 1.56. The number of hydrogen-bond acceptors (Lipinski definition) is 5. The van der Waals surface area contributed by atoms with E-state index in [-0.39, 0.29) is 24.2 Å². The minimum atomic E-state index is -0.417. The zero-order chi connectivity index (χ0) is 17.8. The number of para-hydroxylation sites is 2. The third-order valence-corrected chi connectivity index (χ3v) is 3.76. The molecular weight excluding hydrogens is 322 g/mol. The number of furan rings is 1. The van der Waals surface area contributed by atoms with Gasteiger partial charge in [-0.05, 0) is 38.1 Å². The van der Waals surface area contributed by atoms with Gasteiger partial charge in [-0.2, -0.15) is 0 Å². The Morgan fingerprint density at radius 3 is 2.80 bits per heavy atom. The van der Waals surface area contributed by atoms with E-state index in [0.29, 0.717) is 12.4 Å². The van der Waals surface area contributed by atoms with Gasteiger partial charge in [0, 0.05) is 0 Å². The van der Waals surface area contributed by atoms with Gasteiger partial charge in [0.05, 0.1) is 29.9 Å². The predicted molar refractivity (Wildman–Crippen MR) is 91.0 cm³/mol. The van der Waals surface area contributed by atoms with E-state index in [0.717, 1.165) is 11.0 Å². The largest absolute Gasteiger partial charge is 0.465 e. The summed E-state index contributed by atoms with van der Waals surface area (Å²) in [5, 5.41) is 2.84. The Balaban J connectivity index is 1.91. The number of nitrogens with one attached hydrogen (secondary N) is 1. The second-order valence-electron chi connectivity index (χ2n) is 5.52. The van der Waals surface area contributed by atoms with Gasteiger partial charge >= 0.3 is 5.97 Å². The van der Waals surface area contributed by atoms with E-state index >= 15 is 0 Å². The Kier molecular flexibility index (Phi) is 4.83. The van der Waals surface area contributed by atoms with Crippen molar-refractivity contribution in [3.63, 3.8) is 0 Å². The molecule has 7 heteroatoms. The lowest BCUT2D eigenvalue weighted by atomic mass is 10.3. The molecular formula is C18H19N3O4. The molecule has 0 radical (unpaired) electrons. The van der Waals surface area contributed by atoms with Crippen molar-refractivity contribution in [2.45, 2.75) is 26.4 Å². The number of ether oxygens (including phenoxy) is 1. The van der Waals surface area contributed by atoms with Gasteiger partial charge in [0.15, 0.2) is 5.76 Å². The zero-order valence-electron chi connectivity index (χ0n) is 14.1. The van der Waals surface area contributed by atoms with Crippen molar-refractivity contribution >= 4 is 22.9 Å². The molecule has 1 aromatic carbocycles. The first-order chi connectivity index (χ1) is 12.1. The standard InChI is InChI=1S/C18H19N3O4/c1-3-24-16(22)11-21-14-8-5-4-7-13(14)20-17(21)12(2)19-18(23)15-9-6-10-25-15/h4-10,12H,3,11H2,1-2H3,(H,19,23). The normalized spacial score (nSPS) is 12.1. The molecule has 0 saturated heterocycles. The summed E-state index contributed by atoms with van der Waals surface area (Å²) in [6.07, 6.45) is 1.44. The summed E-state index contributed by atoms with van der Waals surface area (Å²) in [7, 11) is 0. The van der Waals surface area contributed by atoms with Crippen LogP contribution in [-0.4, -0.2) is 28.0 Å². The summed E-state index contributed by atoms with van der Waals surface area (Å²) in [6.45, 7) is 3.91. The van der Waals surface area contributed by atoms with E-state index in [2.05, 4.69) is 10.3 Å². The molecule has 0 spiro atoms. The SMILES string of the molecule is CCOC(=O)Cn1c(C(C)NC(=O)c2ccco2)nc2ccccc21. The molecule has 7 nitrogen and oxygen atoms in total. The van der Waals surface area contributed by atoms with Crippen molar-refractivity contribution in [1.82, 2.24) is 14.9 Å². The molecule has 0 saturated carbocycles. The number of aromatic nitrogens is 2. The van der Waals surface area contributed by atoms with Crippen LogP contribution in [0, 0.1) is 0 Å². The summed E-state index contributed by atoms with van der Waals surface area (Å²) in [5.74, 6) is 0.109. The number of fused-ring (bicyclic) bond motifs is 1. The van der Waals surface area contributed by atoms with Gasteiger partial charge in [-0.1, -0.05) is 12.1 Å². The first-order valence-electron chi connectivity index (χ1n) is 8.05. The lowest BCUT2D eigenvalue weighted by molar-refractivity contribution is -0.143. The van der Waals surface area contributed by atoms with Crippen LogP contribution in [0.15, 0.2) is 47.1 Å². The topological polar surface area (TPSA) is 86.4 Å². The Hall–Kier alpha value is -3.09. The minimum Gasteiger partial charge on any atom is -0.465 e. The molecule has 3 rings (SSSR count). The van der Waals surface area contributed by atoms with Crippen LogP contribution in [0.5, 0.6) is 0 Å². The number of imidazole rings is 1. The Labute approximate surface area is 144 Å². The first kappa shape index (κ1) is 16.8. The van der Waals surface area contributed by atoms with Crippen LogP contribution >= 0.6 is 0 Å². The van der Waals surface area contributed by atoms with Gasteiger partial charge in [0.2, 0.25) is 0 Å². The fourth-order valence-electron chi connectivity index (χ4n) is 2.67. The molecule has 1 unspecified atom stereocenters. The molecule has 1 N–H and O–H groups in total. The van der Waals surface area contributed by atoms with E-state index in [1.54, 1.807) is 23.6 Å². The van der Waals surface area contributed by atoms with E-state index in [1.165, 1.54) is 6.26 Å². The summed E-state index contributed by atoms with van der Waals surface area (Å²) < 4.78 is 11.9. The number of esters is 1. The molecule has 2 aromatic heterocycles. The van der Waals surface area contributed by atoms with Gasteiger partial charge in [-0.15, -0.1) is 0 Å². The van der Waals surface area contributed by atoms with Crippen LogP contribution in [0.4, 0.5) is 0 Å². The molecule has 1 atom stereocenters. The van der Waals surface area contributed by atoms with Gasteiger partial charge < -0.3 is 19.0 Å². The number of hydrogen-bond donors (Lipinski definition) is 1. The van der Waals surface area contributed by atoms with Crippen LogP contribution in [0.25, 0.3) is 11.0 Å². The minimum absolute atomic E-state index is 0.0324. The molecule has 1 amide bonds. The van der Waals surface area contributed by atoms with Crippen molar-refractivity contribution in [3.8, 4) is 0 Å². The van der Waals surface area contributed by atoms with Crippen molar-refractivity contribution in [3.05, 3.63) is 54.2 Å². The van der Waals surface area contributed by atoms with Gasteiger partial charge in [-0.3, -0.25) is 9.59 Å². The second-order valence-corrected chi connectivity index (χ2v) is 5.52. The molecule has 25 heavy (non-hydrogen) atoms. The summed E-state index contributed by atoms with van der Waals surface area (Å²) in [4.78, 5) is 28.7. The second kappa shape index (κ2) is 7.21. The monoisotopic (exact) mass is 341 g/mol.